The Bertz CT molecular complexity index is 933. The van der Waals surface area contributed by atoms with Gasteiger partial charge in [-0.25, -0.2) is 14.8 Å². The molecule has 3 rings (SSSR count). The Morgan fingerprint density at radius 3 is 2.47 bits per heavy atom. The van der Waals surface area contributed by atoms with E-state index in [0.29, 0.717) is 18.7 Å². The third-order valence-electron chi connectivity index (χ3n) is 4.55. The third-order valence-corrected chi connectivity index (χ3v) is 5.10. The number of hydrogen-bond acceptors (Lipinski definition) is 6. The van der Waals surface area contributed by atoms with E-state index in [1.807, 2.05) is 0 Å². The lowest BCUT2D eigenvalue weighted by Gasteiger charge is -2.39. The van der Waals surface area contributed by atoms with E-state index >= 15 is 0 Å². The topological polar surface area (TPSA) is 73.1 Å². The molecule has 1 aliphatic heterocycles. The van der Waals surface area contributed by atoms with Crippen molar-refractivity contribution < 1.29 is 22.7 Å². The van der Waals surface area contributed by atoms with Crippen LogP contribution in [0.1, 0.15) is 45.0 Å². The van der Waals surface area contributed by atoms with Gasteiger partial charge in [-0.3, -0.25) is 4.68 Å². The molecule has 1 saturated heterocycles. The van der Waals surface area contributed by atoms with Crippen molar-refractivity contribution in [3.8, 4) is 11.3 Å². The van der Waals surface area contributed by atoms with Crippen LogP contribution in [0.25, 0.3) is 11.3 Å². The van der Waals surface area contributed by atoms with Crippen molar-refractivity contribution in [2.24, 2.45) is 0 Å². The lowest BCUT2D eigenvalue weighted by atomic mass is 10.0. The van der Waals surface area contributed by atoms with Gasteiger partial charge in [0.2, 0.25) is 0 Å². The Kier molecular flexibility index (Phi) is 6.03. The molecule has 0 aliphatic carbocycles. The molecule has 0 bridgehead atoms. The molecule has 1 fully saturated rings. The molecule has 7 nitrogen and oxygen atoms in total. The van der Waals surface area contributed by atoms with Crippen LogP contribution >= 0.6 is 11.8 Å². The highest BCUT2D eigenvalue weighted by molar-refractivity contribution is 7.98. The fraction of sp³-hybridized carbons (Fsp3) is 0.579. The fourth-order valence-electron chi connectivity index (χ4n) is 3.12. The minimum absolute atomic E-state index is 0.0452. The molecule has 1 amide bonds. The largest absolute Gasteiger partial charge is 0.444 e. The summed E-state index contributed by atoms with van der Waals surface area (Å²) in [6.45, 7) is 7.88. The molecule has 0 unspecified atom stereocenters. The van der Waals surface area contributed by atoms with Crippen molar-refractivity contribution >= 4 is 17.9 Å². The Morgan fingerprint density at radius 2 is 1.93 bits per heavy atom. The number of carbonyl (C=O) groups is 1. The predicted octanol–water partition coefficient (Wildman–Crippen LogP) is 4.44. The average Bonchev–Trinajstić information content (AvgIpc) is 3.06. The molecule has 164 valence electrons. The number of hydrogen-bond donors (Lipinski definition) is 0. The second-order valence-corrected chi connectivity index (χ2v) is 8.76. The molecule has 0 N–H and O–H groups in total. The van der Waals surface area contributed by atoms with Crippen LogP contribution < -0.4 is 0 Å². The molecule has 0 saturated carbocycles. The van der Waals surface area contributed by atoms with E-state index in [4.69, 9.17) is 4.74 Å². The molecule has 2 aromatic heterocycles. The van der Waals surface area contributed by atoms with Crippen molar-refractivity contribution in [1.29, 1.82) is 0 Å². The second-order valence-electron chi connectivity index (χ2n) is 7.99. The van der Waals surface area contributed by atoms with Crippen LogP contribution in [0.5, 0.6) is 0 Å². The summed E-state index contributed by atoms with van der Waals surface area (Å²) in [5.41, 5.74) is -0.712. The van der Waals surface area contributed by atoms with E-state index in [1.165, 1.54) is 6.20 Å². The van der Waals surface area contributed by atoms with Crippen LogP contribution in [0.3, 0.4) is 0 Å². The highest BCUT2D eigenvalue weighted by Gasteiger charge is 2.38. The lowest BCUT2D eigenvalue weighted by molar-refractivity contribution is -0.142. The monoisotopic (exact) mass is 443 g/mol. The molecule has 2 aromatic rings. The summed E-state index contributed by atoms with van der Waals surface area (Å²) in [6.07, 6.45) is -0.0150. The number of aromatic nitrogens is 4. The summed E-state index contributed by atoms with van der Waals surface area (Å²) >= 11 is 1.06. The normalized spacial score (nSPS) is 15.3. The van der Waals surface area contributed by atoms with Crippen LogP contribution in [0.15, 0.2) is 17.6 Å². The smallest absolute Gasteiger partial charge is 0.433 e. The Hall–Kier alpha value is -2.30. The van der Waals surface area contributed by atoms with Gasteiger partial charge in [-0.15, -0.1) is 0 Å². The minimum Gasteiger partial charge on any atom is -0.444 e. The first-order chi connectivity index (χ1) is 13.9. The van der Waals surface area contributed by atoms with Gasteiger partial charge in [0.1, 0.15) is 5.60 Å². The van der Waals surface area contributed by atoms with Gasteiger partial charge in [0.25, 0.3) is 0 Å². The first-order valence-corrected chi connectivity index (χ1v) is 10.7. The zero-order valence-corrected chi connectivity index (χ0v) is 18.3. The summed E-state index contributed by atoms with van der Waals surface area (Å²) in [4.78, 5) is 21.6. The number of ether oxygens (including phenoxy) is 1. The molecule has 1 aliphatic rings. The van der Waals surface area contributed by atoms with E-state index in [0.717, 1.165) is 11.8 Å². The number of carbonyl (C=O) groups excluding carboxylic acids is 1. The Balaban J connectivity index is 1.83. The highest BCUT2D eigenvalue weighted by Crippen LogP contribution is 2.36. The molecule has 11 heteroatoms. The maximum Gasteiger partial charge on any atom is 0.433 e. The molecule has 0 aromatic carbocycles. The van der Waals surface area contributed by atoms with Crippen molar-refractivity contribution in [1.82, 2.24) is 24.6 Å². The average molecular weight is 443 g/mol. The van der Waals surface area contributed by atoms with Crippen LogP contribution in [0.2, 0.25) is 0 Å². The molecule has 30 heavy (non-hydrogen) atoms. The second kappa shape index (κ2) is 8.09. The summed E-state index contributed by atoms with van der Waals surface area (Å²) in [7, 11) is 0. The number of alkyl halides is 3. The molecular formula is C19H24F3N5O2S. The zero-order chi connectivity index (χ0) is 22.3. The molecule has 3 heterocycles. The zero-order valence-electron chi connectivity index (χ0n) is 17.4. The molecule has 0 atom stereocenters. The summed E-state index contributed by atoms with van der Waals surface area (Å²) in [6, 6.07) is -0.0692. The van der Waals surface area contributed by atoms with Crippen molar-refractivity contribution in [2.75, 3.05) is 19.3 Å². The minimum atomic E-state index is -4.56. The standard InChI is InChI=1S/C19H24F3N5O2S/c1-6-13-14(24-16(30-5)25-15(13)19(20,21)22)11-7-23-27(8-11)12-9-26(10-12)17(28)29-18(2,3)4/h7-8,12H,6,9-10H2,1-5H3. The van der Waals surface area contributed by atoms with Gasteiger partial charge in [0.15, 0.2) is 10.9 Å². The van der Waals surface area contributed by atoms with Gasteiger partial charge in [-0.2, -0.15) is 18.3 Å². The molecule has 0 spiro atoms. The fourth-order valence-corrected chi connectivity index (χ4v) is 3.49. The van der Waals surface area contributed by atoms with Gasteiger partial charge in [0.05, 0.1) is 17.9 Å². The first kappa shape index (κ1) is 22.4. The number of halogens is 3. The first-order valence-electron chi connectivity index (χ1n) is 9.47. The van der Waals surface area contributed by atoms with E-state index in [9.17, 15) is 18.0 Å². The van der Waals surface area contributed by atoms with Gasteiger partial charge in [-0.05, 0) is 33.4 Å². The van der Waals surface area contributed by atoms with E-state index in [1.54, 1.807) is 49.7 Å². The van der Waals surface area contributed by atoms with E-state index in [2.05, 4.69) is 15.1 Å². The van der Waals surface area contributed by atoms with Crippen LogP contribution in [-0.4, -0.2) is 55.7 Å². The van der Waals surface area contributed by atoms with Crippen molar-refractivity contribution in [2.45, 2.75) is 57.1 Å². The predicted molar refractivity (Wildman–Crippen MR) is 106 cm³/mol. The van der Waals surface area contributed by atoms with Gasteiger partial charge in [-0.1, -0.05) is 18.7 Å². The number of nitrogens with zero attached hydrogens (tertiary/aromatic N) is 5. The molecule has 0 radical (unpaired) electrons. The van der Waals surface area contributed by atoms with Crippen LogP contribution in [0.4, 0.5) is 18.0 Å². The van der Waals surface area contributed by atoms with Crippen molar-refractivity contribution in [3.05, 3.63) is 23.7 Å². The van der Waals surface area contributed by atoms with Gasteiger partial charge >= 0.3 is 12.3 Å². The van der Waals surface area contributed by atoms with E-state index in [-0.39, 0.29) is 28.9 Å². The SMILES string of the molecule is CCc1c(-c2cnn(C3CN(C(=O)OC(C)(C)C)C3)c2)nc(SC)nc1C(F)(F)F. The molecular weight excluding hydrogens is 419 g/mol. The maximum absolute atomic E-state index is 13.5. The summed E-state index contributed by atoms with van der Waals surface area (Å²) in [5, 5.41) is 4.35. The Morgan fingerprint density at radius 1 is 1.27 bits per heavy atom. The Labute approximate surface area is 177 Å². The van der Waals surface area contributed by atoms with Crippen LogP contribution in [-0.2, 0) is 17.3 Å². The quantitative estimate of drug-likeness (QED) is 0.514. The van der Waals surface area contributed by atoms with Crippen molar-refractivity contribution in [3.63, 3.8) is 0 Å². The third kappa shape index (κ3) is 4.71. The summed E-state index contributed by atoms with van der Waals surface area (Å²) < 4.78 is 47.5. The maximum atomic E-state index is 13.5. The van der Waals surface area contributed by atoms with E-state index < -0.39 is 23.6 Å². The van der Waals surface area contributed by atoms with Crippen LogP contribution in [0, 0.1) is 0 Å². The van der Waals surface area contributed by atoms with Gasteiger partial charge in [0, 0.05) is 30.4 Å². The van der Waals surface area contributed by atoms with Gasteiger partial charge < -0.3 is 9.64 Å². The lowest BCUT2D eigenvalue weighted by Crippen LogP contribution is -2.52. The number of rotatable bonds is 4. The number of thioether (sulfide) groups is 1. The number of likely N-dealkylation sites (tertiary alicyclic amines) is 1. The summed E-state index contributed by atoms with van der Waals surface area (Å²) in [5.74, 6) is 0. The highest BCUT2D eigenvalue weighted by atomic mass is 32.2. The number of amides is 1.